The first-order valence-corrected chi connectivity index (χ1v) is 7.64. The molecule has 1 aromatic carbocycles. The molecule has 0 spiro atoms. The molecule has 0 amide bonds. The van der Waals surface area contributed by atoms with Crippen molar-refractivity contribution in [2.75, 3.05) is 6.61 Å². The van der Waals surface area contributed by atoms with Gasteiger partial charge in [-0.15, -0.1) is 0 Å². The molecule has 0 bridgehead atoms. The van der Waals surface area contributed by atoms with Crippen LogP contribution in [0.2, 0.25) is 0 Å². The van der Waals surface area contributed by atoms with Gasteiger partial charge in [0.1, 0.15) is 5.56 Å². The highest BCUT2D eigenvalue weighted by Crippen LogP contribution is 2.34. The van der Waals surface area contributed by atoms with Crippen LogP contribution >= 0.6 is 0 Å². The smallest absolute Gasteiger partial charge is 0.462 e. The summed E-state index contributed by atoms with van der Waals surface area (Å²) in [6.07, 6.45) is 0.904. The predicted molar refractivity (Wildman–Crippen MR) is 73.3 cm³/mol. The Kier molecular flexibility index (Phi) is 4.46. The lowest BCUT2D eigenvalue weighted by Gasteiger charge is -2.14. The number of fused-ring (bicyclic) bond motifs is 1. The summed E-state index contributed by atoms with van der Waals surface area (Å²) < 4.78 is 69.1. The van der Waals surface area contributed by atoms with Crippen molar-refractivity contribution < 1.29 is 35.3 Å². The van der Waals surface area contributed by atoms with Gasteiger partial charge in [0.25, 0.3) is 0 Å². The number of alkyl halides is 3. The van der Waals surface area contributed by atoms with Crippen LogP contribution in [0.3, 0.4) is 0 Å². The van der Waals surface area contributed by atoms with E-state index in [0.717, 1.165) is 6.20 Å². The summed E-state index contributed by atoms with van der Waals surface area (Å²) >= 11 is 0. The van der Waals surface area contributed by atoms with E-state index in [9.17, 15) is 26.4 Å². The van der Waals surface area contributed by atoms with Crippen LogP contribution in [0.15, 0.2) is 30.5 Å². The molecule has 1 heterocycles. The van der Waals surface area contributed by atoms with Crippen LogP contribution in [0.25, 0.3) is 10.9 Å². The third-order valence-electron chi connectivity index (χ3n) is 2.70. The number of rotatable bonds is 4. The zero-order valence-electron chi connectivity index (χ0n) is 11.6. The molecule has 0 atom stereocenters. The highest BCUT2D eigenvalue weighted by molar-refractivity contribution is 7.88. The standard InChI is InChI=1S/C13H10F3NO5S/c1-2-21-12(18)9-7-17-10-6-4-3-5-8(10)11(9)22-23(19,20)13(14,15)16/h3-7H,2H2,1H3. The van der Waals surface area contributed by atoms with E-state index in [-0.39, 0.29) is 17.5 Å². The summed E-state index contributed by atoms with van der Waals surface area (Å²) in [5.74, 6) is -1.82. The Balaban J connectivity index is 2.67. The maximum Gasteiger partial charge on any atom is 0.534 e. The first-order valence-electron chi connectivity index (χ1n) is 6.23. The second kappa shape index (κ2) is 6.03. The van der Waals surface area contributed by atoms with Gasteiger partial charge in [0, 0.05) is 11.6 Å². The lowest BCUT2D eigenvalue weighted by molar-refractivity contribution is -0.0500. The van der Waals surface area contributed by atoms with Gasteiger partial charge in [0.2, 0.25) is 0 Å². The average molecular weight is 349 g/mol. The molecule has 2 aromatic rings. The molecule has 0 radical (unpaired) electrons. The van der Waals surface area contributed by atoms with Crippen molar-refractivity contribution in [1.29, 1.82) is 0 Å². The number of esters is 1. The van der Waals surface area contributed by atoms with Gasteiger partial charge in [-0.3, -0.25) is 4.98 Å². The molecular weight excluding hydrogens is 339 g/mol. The lowest BCUT2D eigenvalue weighted by atomic mass is 10.1. The van der Waals surface area contributed by atoms with Crippen molar-refractivity contribution in [2.45, 2.75) is 12.4 Å². The first-order chi connectivity index (χ1) is 10.7. The van der Waals surface area contributed by atoms with Gasteiger partial charge in [0.15, 0.2) is 5.75 Å². The summed E-state index contributed by atoms with van der Waals surface area (Å²) in [7, 11) is -5.95. The molecule has 10 heteroatoms. The van der Waals surface area contributed by atoms with Crippen LogP contribution < -0.4 is 4.18 Å². The van der Waals surface area contributed by atoms with Gasteiger partial charge in [-0.05, 0) is 19.1 Å². The Hall–Kier alpha value is -2.36. The summed E-state index contributed by atoms with van der Waals surface area (Å²) in [5, 5.41) is -0.0640. The molecule has 0 unspecified atom stereocenters. The minimum atomic E-state index is -5.95. The Morgan fingerprint density at radius 2 is 1.91 bits per heavy atom. The van der Waals surface area contributed by atoms with Crippen LogP contribution in [0.1, 0.15) is 17.3 Å². The zero-order valence-corrected chi connectivity index (χ0v) is 12.4. The fraction of sp³-hybridized carbons (Fsp3) is 0.231. The SMILES string of the molecule is CCOC(=O)c1cnc2ccccc2c1OS(=O)(=O)C(F)(F)F. The number of nitrogens with zero attached hydrogens (tertiary/aromatic N) is 1. The second-order valence-corrected chi connectivity index (χ2v) is 5.76. The number of carbonyl (C=O) groups excluding carboxylic acids is 1. The number of halogens is 3. The number of ether oxygens (including phenoxy) is 1. The molecule has 0 aliphatic heterocycles. The Morgan fingerprint density at radius 1 is 1.26 bits per heavy atom. The van der Waals surface area contributed by atoms with Crippen LogP contribution in [0, 0.1) is 0 Å². The molecule has 124 valence electrons. The van der Waals surface area contributed by atoms with Crippen molar-refractivity contribution in [3.8, 4) is 5.75 Å². The maximum absolute atomic E-state index is 12.6. The normalized spacial score (nSPS) is 12.2. The Bertz CT molecular complexity index is 848. The second-order valence-electron chi connectivity index (χ2n) is 4.22. The van der Waals surface area contributed by atoms with Gasteiger partial charge in [-0.1, -0.05) is 12.1 Å². The van der Waals surface area contributed by atoms with Crippen molar-refractivity contribution in [3.63, 3.8) is 0 Å². The Labute approximate surface area is 129 Å². The van der Waals surface area contributed by atoms with Crippen LogP contribution in [-0.4, -0.2) is 31.5 Å². The minimum absolute atomic E-state index is 0.0584. The van der Waals surface area contributed by atoms with Crippen molar-refractivity contribution in [1.82, 2.24) is 4.98 Å². The van der Waals surface area contributed by atoms with E-state index >= 15 is 0 Å². The number of pyridine rings is 1. The van der Waals surface area contributed by atoms with Gasteiger partial charge >= 0.3 is 21.6 Å². The molecule has 6 nitrogen and oxygen atoms in total. The molecule has 0 saturated heterocycles. The average Bonchev–Trinajstić information content (AvgIpc) is 2.46. The van der Waals surface area contributed by atoms with Gasteiger partial charge in [0.05, 0.1) is 12.1 Å². The number of aromatic nitrogens is 1. The number of hydrogen-bond acceptors (Lipinski definition) is 6. The van der Waals surface area contributed by atoms with E-state index in [0.29, 0.717) is 0 Å². The van der Waals surface area contributed by atoms with E-state index in [1.807, 2.05) is 0 Å². The number of para-hydroxylation sites is 1. The Morgan fingerprint density at radius 3 is 2.52 bits per heavy atom. The third-order valence-corrected chi connectivity index (χ3v) is 3.65. The monoisotopic (exact) mass is 349 g/mol. The predicted octanol–water partition coefficient (Wildman–Crippen LogP) is 2.64. The molecule has 2 rings (SSSR count). The van der Waals surface area contributed by atoms with Crippen molar-refractivity contribution >= 4 is 27.0 Å². The molecule has 0 aliphatic rings. The molecule has 0 fully saturated rings. The van der Waals surface area contributed by atoms with Gasteiger partial charge < -0.3 is 8.92 Å². The fourth-order valence-corrected chi connectivity index (χ4v) is 2.21. The first kappa shape index (κ1) is 17.0. The molecule has 0 aliphatic carbocycles. The fourth-order valence-electron chi connectivity index (χ4n) is 1.72. The molecule has 0 saturated carbocycles. The van der Waals surface area contributed by atoms with Crippen LogP contribution in [0.4, 0.5) is 13.2 Å². The third kappa shape index (κ3) is 3.36. The lowest BCUT2D eigenvalue weighted by Crippen LogP contribution is -2.29. The van der Waals surface area contributed by atoms with E-state index in [2.05, 4.69) is 13.9 Å². The van der Waals surface area contributed by atoms with Crippen LogP contribution in [0.5, 0.6) is 5.75 Å². The summed E-state index contributed by atoms with van der Waals surface area (Å²) in [4.78, 5) is 15.7. The van der Waals surface area contributed by atoms with E-state index in [4.69, 9.17) is 0 Å². The summed E-state index contributed by atoms with van der Waals surface area (Å²) in [6, 6.07) is 5.69. The van der Waals surface area contributed by atoms with Gasteiger partial charge in [-0.2, -0.15) is 21.6 Å². The summed E-state index contributed by atoms with van der Waals surface area (Å²) in [5.41, 5.74) is -5.99. The highest BCUT2D eigenvalue weighted by Gasteiger charge is 2.49. The topological polar surface area (TPSA) is 82.6 Å². The summed E-state index contributed by atoms with van der Waals surface area (Å²) in [6.45, 7) is 1.43. The molecular formula is C13H10F3NO5S. The van der Waals surface area contributed by atoms with Gasteiger partial charge in [-0.25, -0.2) is 4.79 Å². The van der Waals surface area contributed by atoms with E-state index in [1.165, 1.54) is 25.1 Å². The van der Waals surface area contributed by atoms with Crippen LogP contribution in [-0.2, 0) is 14.9 Å². The van der Waals surface area contributed by atoms with Crippen molar-refractivity contribution in [2.24, 2.45) is 0 Å². The number of carbonyl (C=O) groups is 1. The molecule has 0 N–H and O–H groups in total. The minimum Gasteiger partial charge on any atom is -0.462 e. The van der Waals surface area contributed by atoms with E-state index in [1.54, 1.807) is 6.07 Å². The molecule has 23 heavy (non-hydrogen) atoms. The number of hydrogen-bond donors (Lipinski definition) is 0. The van der Waals surface area contributed by atoms with E-state index < -0.39 is 32.9 Å². The maximum atomic E-state index is 12.6. The largest absolute Gasteiger partial charge is 0.534 e. The van der Waals surface area contributed by atoms with Crippen molar-refractivity contribution in [3.05, 3.63) is 36.0 Å². The number of benzene rings is 1. The zero-order chi connectivity index (χ0) is 17.3. The quantitative estimate of drug-likeness (QED) is 0.479. The molecule has 1 aromatic heterocycles. The highest BCUT2D eigenvalue weighted by atomic mass is 32.2.